The molecule has 0 aromatic carbocycles. The zero-order valence-electron chi connectivity index (χ0n) is 12.8. The molecule has 0 radical (unpaired) electrons. The highest BCUT2D eigenvalue weighted by molar-refractivity contribution is 5.68. The molecule has 1 aliphatic rings. The van der Waals surface area contributed by atoms with E-state index >= 15 is 0 Å². The molecule has 0 bridgehead atoms. The average Bonchev–Trinajstić information content (AvgIpc) is 2.93. The van der Waals surface area contributed by atoms with Crippen LogP contribution in [0.2, 0.25) is 0 Å². The summed E-state index contributed by atoms with van der Waals surface area (Å²) in [5.74, 6) is 1.58. The molecule has 0 N–H and O–H groups in total. The number of nitrogens with zero attached hydrogens (tertiary/aromatic N) is 3. The Morgan fingerprint density at radius 1 is 1.40 bits per heavy atom. The maximum atomic E-state index is 12.0. The standard InChI is InChI=1S/C14H23N3O3/c1-9-15-12(20-16-9)10-6-7-11(8-10)17(5)13(18)19-14(2,3)4/h10-11H,6-8H2,1-5H3/t10-,11+/m0/s1. The summed E-state index contributed by atoms with van der Waals surface area (Å²) >= 11 is 0. The Balaban J connectivity index is 1.93. The van der Waals surface area contributed by atoms with Gasteiger partial charge in [0.05, 0.1) is 0 Å². The molecule has 1 amide bonds. The van der Waals surface area contributed by atoms with Gasteiger partial charge in [-0.1, -0.05) is 5.16 Å². The molecule has 2 atom stereocenters. The summed E-state index contributed by atoms with van der Waals surface area (Å²) in [5.41, 5.74) is -0.465. The monoisotopic (exact) mass is 281 g/mol. The molecule has 1 fully saturated rings. The summed E-state index contributed by atoms with van der Waals surface area (Å²) in [6, 6.07) is 0.169. The Bertz CT molecular complexity index is 478. The van der Waals surface area contributed by atoms with Gasteiger partial charge in [0.15, 0.2) is 5.82 Å². The Labute approximate surface area is 119 Å². The highest BCUT2D eigenvalue weighted by Crippen LogP contribution is 2.36. The Hall–Kier alpha value is -1.59. The maximum absolute atomic E-state index is 12.0. The zero-order chi connectivity index (χ0) is 14.9. The maximum Gasteiger partial charge on any atom is 0.410 e. The molecule has 6 nitrogen and oxygen atoms in total. The Kier molecular flexibility index (Phi) is 4.01. The largest absolute Gasteiger partial charge is 0.444 e. The third-order valence-corrected chi connectivity index (χ3v) is 3.53. The van der Waals surface area contributed by atoms with Crippen molar-refractivity contribution in [2.75, 3.05) is 7.05 Å². The van der Waals surface area contributed by atoms with Crippen LogP contribution in [0.15, 0.2) is 4.52 Å². The summed E-state index contributed by atoms with van der Waals surface area (Å²) in [6.07, 6.45) is 2.46. The number of carbonyl (C=O) groups is 1. The van der Waals surface area contributed by atoms with Crippen LogP contribution < -0.4 is 0 Å². The predicted molar refractivity (Wildman–Crippen MR) is 73.4 cm³/mol. The lowest BCUT2D eigenvalue weighted by atomic mass is 10.1. The summed E-state index contributed by atoms with van der Waals surface area (Å²) in [7, 11) is 1.79. The van der Waals surface area contributed by atoms with E-state index in [0.29, 0.717) is 11.7 Å². The molecule has 1 heterocycles. The second-order valence-corrected chi connectivity index (χ2v) is 6.43. The molecule has 1 aromatic heterocycles. The van der Waals surface area contributed by atoms with Gasteiger partial charge in [-0.2, -0.15) is 4.98 Å². The van der Waals surface area contributed by atoms with Gasteiger partial charge in [0.25, 0.3) is 0 Å². The predicted octanol–water partition coefficient (Wildman–Crippen LogP) is 2.88. The van der Waals surface area contributed by atoms with Crippen LogP contribution in [-0.2, 0) is 4.74 Å². The average molecular weight is 281 g/mol. The molecule has 6 heteroatoms. The topological polar surface area (TPSA) is 68.5 Å². The highest BCUT2D eigenvalue weighted by atomic mass is 16.6. The van der Waals surface area contributed by atoms with Crippen LogP contribution in [0, 0.1) is 6.92 Å². The van der Waals surface area contributed by atoms with E-state index in [2.05, 4.69) is 10.1 Å². The highest BCUT2D eigenvalue weighted by Gasteiger charge is 2.35. The minimum atomic E-state index is -0.465. The number of amides is 1. The molecule has 1 aromatic rings. The lowest BCUT2D eigenvalue weighted by molar-refractivity contribution is 0.0225. The normalized spacial score (nSPS) is 22.9. The Morgan fingerprint density at radius 3 is 2.65 bits per heavy atom. The second kappa shape index (κ2) is 5.42. The van der Waals surface area contributed by atoms with Crippen molar-refractivity contribution in [3.63, 3.8) is 0 Å². The molecule has 1 aliphatic carbocycles. The van der Waals surface area contributed by atoms with Crippen LogP contribution in [0.4, 0.5) is 4.79 Å². The second-order valence-electron chi connectivity index (χ2n) is 6.43. The number of aryl methyl sites for hydroxylation is 1. The molecular formula is C14H23N3O3. The first-order chi connectivity index (χ1) is 9.26. The van der Waals surface area contributed by atoms with Crippen LogP contribution in [0.1, 0.15) is 57.7 Å². The van der Waals surface area contributed by atoms with Gasteiger partial charge in [-0.3, -0.25) is 0 Å². The molecule has 112 valence electrons. The van der Waals surface area contributed by atoms with Crippen LogP contribution in [0.3, 0.4) is 0 Å². The van der Waals surface area contributed by atoms with Crippen molar-refractivity contribution in [3.05, 3.63) is 11.7 Å². The van der Waals surface area contributed by atoms with Gasteiger partial charge in [-0.05, 0) is 47.0 Å². The van der Waals surface area contributed by atoms with Gasteiger partial charge in [0.2, 0.25) is 5.89 Å². The fourth-order valence-electron chi connectivity index (χ4n) is 2.50. The summed E-state index contributed by atoms with van der Waals surface area (Å²) < 4.78 is 10.6. The van der Waals surface area contributed by atoms with Crippen molar-refractivity contribution >= 4 is 6.09 Å². The van der Waals surface area contributed by atoms with Gasteiger partial charge in [0, 0.05) is 19.0 Å². The summed E-state index contributed by atoms with van der Waals surface area (Å²) in [5, 5.41) is 3.82. The van der Waals surface area contributed by atoms with E-state index in [9.17, 15) is 4.79 Å². The SMILES string of the molecule is Cc1noc([C@H]2CC[C@@H](N(C)C(=O)OC(C)(C)C)C2)n1. The van der Waals surface area contributed by atoms with Gasteiger partial charge in [-0.15, -0.1) is 0 Å². The van der Waals surface area contributed by atoms with Crippen molar-refractivity contribution in [2.24, 2.45) is 0 Å². The van der Waals surface area contributed by atoms with E-state index in [0.717, 1.165) is 19.3 Å². The molecule has 0 saturated heterocycles. The lowest BCUT2D eigenvalue weighted by Gasteiger charge is -2.28. The molecule has 20 heavy (non-hydrogen) atoms. The van der Waals surface area contributed by atoms with Crippen molar-refractivity contribution in [1.29, 1.82) is 0 Å². The number of rotatable bonds is 2. The molecule has 0 unspecified atom stereocenters. The summed E-state index contributed by atoms with van der Waals surface area (Å²) in [6.45, 7) is 7.43. The quantitative estimate of drug-likeness (QED) is 0.833. The zero-order valence-corrected chi connectivity index (χ0v) is 12.8. The van der Waals surface area contributed by atoms with Crippen LogP contribution in [0.5, 0.6) is 0 Å². The van der Waals surface area contributed by atoms with Crippen molar-refractivity contribution in [3.8, 4) is 0 Å². The first kappa shape index (κ1) is 14.8. The number of carbonyl (C=O) groups excluding carboxylic acids is 1. The van der Waals surface area contributed by atoms with Crippen LogP contribution in [0.25, 0.3) is 0 Å². The first-order valence-corrected chi connectivity index (χ1v) is 7.02. The fraction of sp³-hybridized carbons (Fsp3) is 0.786. The minimum Gasteiger partial charge on any atom is -0.444 e. The minimum absolute atomic E-state index is 0.169. The fourth-order valence-corrected chi connectivity index (χ4v) is 2.50. The third-order valence-electron chi connectivity index (χ3n) is 3.53. The molecule has 2 rings (SSSR count). The van der Waals surface area contributed by atoms with Crippen molar-refractivity contribution < 1.29 is 14.1 Å². The molecule has 0 aliphatic heterocycles. The van der Waals surface area contributed by atoms with Gasteiger partial charge < -0.3 is 14.2 Å². The number of hydrogen-bond donors (Lipinski definition) is 0. The van der Waals surface area contributed by atoms with E-state index < -0.39 is 5.60 Å². The number of ether oxygens (including phenoxy) is 1. The first-order valence-electron chi connectivity index (χ1n) is 7.02. The van der Waals surface area contributed by atoms with E-state index in [4.69, 9.17) is 9.26 Å². The van der Waals surface area contributed by atoms with Crippen molar-refractivity contribution in [1.82, 2.24) is 15.0 Å². The van der Waals surface area contributed by atoms with Gasteiger partial charge in [-0.25, -0.2) is 4.79 Å². The van der Waals surface area contributed by atoms with Gasteiger partial charge in [0.1, 0.15) is 5.60 Å². The van der Waals surface area contributed by atoms with E-state index in [1.54, 1.807) is 11.9 Å². The lowest BCUT2D eigenvalue weighted by Crippen LogP contribution is -2.39. The number of aromatic nitrogens is 2. The van der Waals surface area contributed by atoms with Gasteiger partial charge >= 0.3 is 6.09 Å². The van der Waals surface area contributed by atoms with Crippen LogP contribution >= 0.6 is 0 Å². The van der Waals surface area contributed by atoms with E-state index in [1.807, 2.05) is 27.7 Å². The third kappa shape index (κ3) is 3.49. The van der Waals surface area contributed by atoms with Crippen LogP contribution in [-0.4, -0.2) is 39.8 Å². The van der Waals surface area contributed by atoms with Crippen molar-refractivity contribution in [2.45, 2.75) is 64.5 Å². The Morgan fingerprint density at radius 2 is 2.10 bits per heavy atom. The summed E-state index contributed by atoms with van der Waals surface area (Å²) in [4.78, 5) is 18.0. The number of hydrogen-bond acceptors (Lipinski definition) is 5. The molecular weight excluding hydrogens is 258 g/mol. The van der Waals surface area contributed by atoms with E-state index in [-0.39, 0.29) is 18.1 Å². The van der Waals surface area contributed by atoms with E-state index in [1.165, 1.54) is 0 Å². The smallest absolute Gasteiger partial charge is 0.410 e. The molecule has 1 saturated carbocycles. The molecule has 0 spiro atoms.